The third-order valence-electron chi connectivity index (χ3n) is 5.90. The number of aliphatic imine (C=N–C) groups is 1. The molecule has 0 saturated heterocycles. The maximum absolute atomic E-state index is 9.53. The first-order chi connectivity index (χ1) is 14.2. The van der Waals surface area contributed by atoms with Crippen LogP contribution in [0.5, 0.6) is 0 Å². The molecule has 29 heavy (non-hydrogen) atoms. The molecule has 6 nitrogen and oxygen atoms in total. The molecule has 1 fully saturated rings. The Hall–Kier alpha value is -2.34. The zero-order chi connectivity index (χ0) is 20.4. The zero-order valence-corrected chi connectivity index (χ0v) is 17.6. The van der Waals surface area contributed by atoms with Crippen LogP contribution in [0.25, 0.3) is 0 Å². The van der Waals surface area contributed by atoms with Crippen molar-refractivity contribution in [2.75, 3.05) is 19.7 Å². The standard InChI is InChI=1S/C23H35N5O/c1-2-25-22(27-18-23(12-15-29)10-4-3-5-11-23)26-16-20-6-8-21(9-7-20)17-28-14-13-24-19-28/h6-9,13-14,19,29H,2-5,10-12,15-18H2,1H3,(H2,25,26,27). The second-order valence-corrected chi connectivity index (χ2v) is 8.13. The Morgan fingerprint density at radius 3 is 2.55 bits per heavy atom. The van der Waals surface area contributed by atoms with E-state index in [2.05, 4.69) is 51.4 Å². The lowest BCUT2D eigenvalue weighted by atomic mass is 9.72. The Morgan fingerprint density at radius 2 is 1.90 bits per heavy atom. The molecule has 1 aromatic heterocycles. The van der Waals surface area contributed by atoms with Crippen molar-refractivity contribution in [3.05, 3.63) is 54.1 Å². The number of hydrogen-bond donors (Lipinski definition) is 3. The first kappa shape index (κ1) is 21.4. The minimum Gasteiger partial charge on any atom is -0.396 e. The highest BCUT2D eigenvalue weighted by Crippen LogP contribution is 2.38. The van der Waals surface area contributed by atoms with Crippen LogP contribution in [-0.2, 0) is 13.1 Å². The molecule has 158 valence electrons. The molecule has 0 atom stereocenters. The third-order valence-corrected chi connectivity index (χ3v) is 5.90. The number of aliphatic hydroxyl groups is 1. The monoisotopic (exact) mass is 397 g/mol. The predicted molar refractivity (Wildman–Crippen MR) is 118 cm³/mol. The van der Waals surface area contributed by atoms with E-state index < -0.39 is 0 Å². The number of guanidine groups is 1. The van der Waals surface area contributed by atoms with Gasteiger partial charge in [-0.25, -0.2) is 9.98 Å². The summed E-state index contributed by atoms with van der Waals surface area (Å²) in [6.45, 7) is 5.55. The van der Waals surface area contributed by atoms with E-state index in [1.54, 1.807) is 6.20 Å². The lowest BCUT2D eigenvalue weighted by molar-refractivity contribution is 0.131. The van der Waals surface area contributed by atoms with Gasteiger partial charge < -0.3 is 20.3 Å². The molecule has 1 aromatic carbocycles. The SMILES string of the molecule is CCNC(=NCc1ccc(Cn2ccnc2)cc1)NCC1(CCO)CCCCC1. The van der Waals surface area contributed by atoms with E-state index in [-0.39, 0.29) is 12.0 Å². The first-order valence-corrected chi connectivity index (χ1v) is 10.9. The van der Waals surface area contributed by atoms with Gasteiger partial charge in [0.25, 0.3) is 0 Å². The van der Waals surface area contributed by atoms with E-state index in [0.29, 0.717) is 6.54 Å². The smallest absolute Gasteiger partial charge is 0.191 e. The fraction of sp³-hybridized carbons (Fsp3) is 0.565. The molecule has 1 aliphatic carbocycles. The summed E-state index contributed by atoms with van der Waals surface area (Å²) in [5, 5.41) is 16.4. The lowest BCUT2D eigenvalue weighted by Crippen LogP contribution is -2.44. The zero-order valence-electron chi connectivity index (χ0n) is 17.6. The summed E-state index contributed by atoms with van der Waals surface area (Å²) in [7, 11) is 0. The molecule has 0 amide bonds. The van der Waals surface area contributed by atoms with E-state index in [9.17, 15) is 5.11 Å². The number of aliphatic hydroxyl groups excluding tert-OH is 1. The Morgan fingerprint density at radius 1 is 1.14 bits per heavy atom. The molecule has 1 heterocycles. The number of benzene rings is 1. The topological polar surface area (TPSA) is 74.5 Å². The highest BCUT2D eigenvalue weighted by atomic mass is 16.3. The molecule has 0 unspecified atom stereocenters. The van der Waals surface area contributed by atoms with Gasteiger partial charge in [-0.3, -0.25) is 0 Å². The van der Waals surface area contributed by atoms with Gasteiger partial charge in [-0.05, 0) is 42.7 Å². The molecule has 0 aliphatic heterocycles. The first-order valence-electron chi connectivity index (χ1n) is 10.9. The number of nitrogens with zero attached hydrogens (tertiary/aromatic N) is 3. The third kappa shape index (κ3) is 6.60. The second kappa shape index (κ2) is 11.0. The molecule has 0 radical (unpaired) electrons. The number of imidazole rings is 1. The van der Waals surface area contributed by atoms with Crippen LogP contribution in [0.4, 0.5) is 0 Å². The van der Waals surface area contributed by atoms with E-state index in [4.69, 9.17) is 4.99 Å². The summed E-state index contributed by atoms with van der Waals surface area (Å²) in [6.07, 6.45) is 12.7. The van der Waals surface area contributed by atoms with Crippen LogP contribution in [0.1, 0.15) is 56.6 Å². The molecule has 3 N–H and O–H groups in total. The lowest BCUT2D eigenvalue weighted by Gasteiger charge is -2.37. The van der Waals surface area contributed by atoms with Crippen LogP contribution in [0, 0.1) is 5.41 Å². The Labute approximate surface area is 174 Å². The van der Waals surface area contributed by atoms with Gasteiger partial charge in [0, 0.05) is 38.6 Å². The van der Waals surface area contributed by atoms with Gasteiger partial charge in [0.2, 0.25) is 0 Å². The van der Waals surface area contributed by atoms with Gasteiger partial charge >= 0.3 is 0 Å². The molecular weight excluding hydrogens is 362 g/mol. The summed E-state index contributed by atoms with van der Waals surface area (Å²) in [5.41, 5.74) is 2.65. The van der Waals surface area contributed by atoms with Crippen molar-refractivity contribution < 1.29 is 5.11 Å². The Kier molecular flexibility index (Phi) is 8.11. The van der Waals surface area contributed by atoms with Gasteiger partial charge in [-0.1, -0.05) is 43.5 Å². The van der Waals surface area contributed by atoms with Crippen molar-refractivity contribution in [3.8, 4) is 0 Å². The van der Waals surface area contributed by atoms with Crippen molar-refractivity contribution in [2.45, 2.75) is 58.5 Å². The van der Waals surface area contributed by atoms with Crippen LogP contribution in [0.3, 0.4) is 0 Å². The fourth-order valence-electron chi connectivity index (χ4n) is 4.18. The van der Waals surface area contributed by atoms with E-state index in [1.807, 2.05) is 12.5 Å². The fourth-order valence-corrected chi connectivity index (χ4v) is 4.18. The Bertz CT molecular complexity index is 728. The van der Waals surface area contributed by atoms with E-state index in [0.717, 1.165) is 32.0 Å². The van der Waals surface area contributed by atoms with Gasteiger partial charge in [0.15, 0.2) is 5.96 Å². The van der Waals surface area contributed by atoms with Gasteiger partial charge in [0.05, 0.1) is 12.9 Å². The summed E-state index contributed by atoms with van der Waals surface area (Å²) < 4.78 is 2.06. The van der Waals surface area contributed by atoms with Gasteiger partial charge in [0.1, 0.15) is 0 Å². The summed E-state index contributed by atoms with van der Waals surface area (Å²) in [4.78, 5) is 8.87. The van der Waals surface area contributed by atoms with Crippen molar-refractivity contribution in [1.82, 2.24) is 20.2 Å². The van der Waals surface area contributed by atoms with Crippen LogP contribution in [0.15, 0.2) is 48.0 Å². The van der Waals surface area contributed by atoms with Crippen LogP contribution >= 0.6 is 0 Å². The maximum Gasteiger partial charge on any atom is 0.191 e. The molecule has 2 aromatic rings. The summed E-state index contributed by atoms with van der Waals surface area (Å²) in [6, 6.07) is 8.61. The molecule has 6 heteroatoms. The van der Waals surface area contributed by atoms with Gasteiger partial charge in [-0.2, -0.15) is 0 Å². The quantitative estimate of drug-likeness (QED) is 0.448. The van der Waals surface area contributed by atoms with Crippen LogP contribution in [0.2, 0.25) is 0 Å². The number of aromatic nitrogens is 2. The van der Waals surface area contributed by atoms with E-state index >= 15 is 0 Å². The largest absolute Gasteiger partial charge is 0.396 e. The maximum atomic E-state index is 9.53. The number of hydrogen-bond acceptors (Lipinski definition) is 3. The van der Waals surface area contributed by atoms with Crippen LogP contribution in [-0.4, -0.2) is 40.3 Å². The van der Waals surface area contributed by atoms with Crippen molar-refractivity contribution in [2.24, 2.45) is 10.4 Å². The van der Waals surface area contributed by atoms with Crippen molar-refractivity contribution in [1.29, 1.82) is 0 Å². The minimum absolute atomic E-state index is 0.207. The molecular formula is C23H35N5O. The summed E-state index contributed by atoms with van der Waals surface area (Å²) in [5.74, 6) is 0.859. The van der Waals surface area contributed by atoms with Crippen LogP contribution < -0.4 is 10.6 Å². The highest BCUT2D eigenvalue weighted by Gasteiger charge is 2.31. The second-order valence-electron chi connectivity index (χ2n) is 8.13. The molecule has 1 saturated carbocycles. The average Bonchev–Trinajstić information content (AvgIpc) is 3.25. The molecule has 0 bridgehead atoms. The number of rotatable bonds is 9. The van der Waals surface area contributed by atoms with Gasteiger partial charge in [-0.15, -0.1) is 0 Å². The minimum atomic E-state index is 0.207. The average molecular weight is 398 g/mol. The molecule has 0 spiro atoms. The number of nitrogens with one attached hydrogen (secondary N) is 2. The normalized spacial score (nSPS) is 16.6. The summed E-state index contributed by atoms with van der Waals surface area (Å²) >= 11 is 0. The van der Waals surface area contributed by atoms with Crippen molar-refractivity contribution >= 4 is 5.96 Å². The predicted octanol–water partition coefficient (Wildman–Crippen LogP) is 3.32. The van der Waals surface area contributed by atoms with Crippen molar-refractivity contribution in [3.63, 3.8) is 0 Å². The molecule has 3 rings (SSSR count). The molecule has 1 aliphatic rings. The Balaban J connectivity index is 1.56. The van der Waals surface area contributed by atoms with E-state index in [1.165, 1.54) is 43.2 Å². The highest BCUT2D eigenvalue weighted by molar-refractivity contribution is 5.79.